The number of methoxy groups -OCH3 is 3. The zero-order chi connectivity index (χ0) is 27.1. The Bertz CT molecular complexity index is 1330. The molecule has 1 fully saturated rings. The Morgan fingerprint density at radius 3 is 2.39 bits per heavy atom. The third-order valence-electron chi connectivity index (χ3n) is 6.70. The van der Waals surface area contributed by atoms with E-state index in [1.54, 1.807) is 43.5 Å². The van der Waals surface area contributed by atoms with Crippen molar-refractivity contribution in [3.63, 3.8) is 0 Å². The van der Waals surface area contributed by atoms with Crippen LogP contribution in [0.15, 0.2) is 66.7 Å². The number of carbonyl (C=O) groups is 1. The first-order chi connectivity index (χ1) is 18.4. The first-order valence-electron chi connectivity index (χ1n) is 12.3. The number of ether oxygens (including phenoxy) is 3. The third-order valence-corrected chi connectivity index (χ3v) is 6.70. The molecule has 1 aliphatic heterocycles. The molecule has 1 heterocycles. The largest absolute Gasteiger partial charge is 0.497 e. The molecule has 0 aliphatic carbocycles. The Morgan fingerprint density at radius 1 is 0.974 bits per heavy atom. The molecule has 9 nitrogen and oxygen atoms in total. The Hall–Kier alpha value is -4.53. The van der Waals surface area contributed by atoms with Gasteiger partial charge >= 0.3 is 0 Å². The molecule has 1 N–H and O–H groups in total. The summed E-state index contributed by atoms with van der Waals surface area (Å²) in [6.07, 6.45) is 4.61. The molecule has 3 aromatic rings. The fourth-order valence-electron chi connectivity index (χ4n) is 4.75. The highest BCUT2D eigenvalue weighted by Crippen LogP contribution is 2.38. The number of carbonyl (C=O) groups excluding carboxylic acids is 1. The SMILES string of the molecule is COc1ccc(OC)c(NC(=O)/C=C\c2ccc(N3CCC(c4ccccc4OC)CC3)c([N+](=O)[O-])c2)c1. The summed E-state index contributed by atoms with van der Waals surface area (Å²) in [5, 5.41) is 14.7. The summed E-state index contributed by atoms with van der Waals surface area (Å²) in [4.78, 5) is 26.1. The molecule has 0 atom stereocenters. The molecule has 3 aromatic carbocycles. The number of nitrogens with zero attached hydrogens (tertiary/aromatic N) is 2. The minimum absolute atomic E-state index is 0.0118. The van der Waals surface area contributed by atoms with E-state index in [9.17, 15) is 14.9 Å². The van der Waals surface area contributed by atoms with Gasteiger partial charge in [-0.2, -0.15) is 0 Å². The van der Waals surface area contributed by atoms with Crippen molar-refractivity contribution >= 4 is 29.0 Å². The van der Waals surface area contributed by atoms with Crippen LogP contribution in [0.5, 0.6) is 17.2 Å². The normalized spacial score (nSPS) is 13.8. The standard InChI is InChI=1S/C29H31N3O6/c1-36-22-10-12-28(38-3)24(19-22)30-29(33)13-9-20-8-11-25(26(18-20)32(34)35)31-16-14-21(15-17-31)23-6-4-5-7-27(23)37-2/h4-13,18-19,21H,14-17H2,1-3H3,(H,30,33)/b13-9-. The van der Waals surface area contributed by atoms with Crippen LogP contribution in [-0.2, 0) is 4.79 Å². The molecule has 1 aliphatic rings. The Kier molecular flexibility index (Phi) is 8.47. The van der Waals surface area contributed by atoms with Crippen LogP contribution in [0.1, 0.15) is 29.9 Å². The number of nitrogens with one attached hydrogen (secondary N) is 1. The molecule has 0 aromatic heterocycles. The van der Waals surface area contributed by atoms with Crippen LogP contribution in [0, 0.1) is 10.1 Å². The monoisotopic (exact) mass is 517 g/mol. The molecule has 4 rings (SSSR count). The third kappa shape index (κ3) is 6.05. The minimum atomic E-state index is -0.401. The van der Waals surface area contributed by atoms with Crippen molar-refractivity contribution < 1.29 is 23.9 Å². The Labute approximate surface area is 221 Å². The van der Waals surface area contributed by atoms with Crippen LogP contribution in [0.4, 0.5) is 17.1 Å². The quantitative estimate of drug-likeness (QED) is 0.222. The van der Waals surface area contributed by atoms with Crippen LogP contribution >= 0.6 is 0 Å². The average molecular weight is 518 g/mol. The summed E-state index contributed by atoms with van der Waals surface area (Å²) in [6, 6.07) is 18.1. The molecule has 1 saturated heterocycles. The lowest BCUT2D eigenvalue weighted by molar-refractivity contribution is -0.384. The van der Waals surface area contributed by atoms with Gasteiger partial charge in [-0.1, -0.05) is 24.3 Å². The summed E-state index contributed by atoms with van der Waals surface area (Å²) in [5.41, 5.74) is 2.78. The van der Waals surface area contributed by atoms with E-state index in [0.29, 0.717) is 47.4 Å². The molecule has 0 unspecified atom stereocenters. The van der Waals surface area contributed by atoms with Gasteiger partial charge in [0, 0.05) is 31.3 Å². The number of para-hydroxylation sites is 1. The molecule has 0 bridgehead atoms. The number of amides is 1. The molecule has 0 radical (unpaired) electrons. The summed E-state index contributed by atoms with van der Waals surface area (Å²) in [5.74, 6) is 1.87. The van der Waals surface area contributed by atoms with E-state index in [2.05, 4.69) is 16.3 Å². The fourth-order valence-corrected chi connectivity index (χ4v) is 4.75. The Morgan fingerprint density at radius 2 is 1.71 bits per heavy atom. The van der Waals surface area contributed by atoms with Gasteiger partial charge in [0.15, 0.2) is 0 Å². The number of piperidine rings is 1. The van der Waals surface area contributed by atoms with E-state index in [1.165, 1.54) is 31.9 Å². The number of anilines is 2. The van der Waals surface area contributed by atoms with Crippen LogP contribution in [0.3, 0.4) is 0 Å². The minimum Gasteiger partial charge on any atom is -0.497 e. The van der Waals surface area contributed by atoms with Gasteiger partial charge in [0.05, 0.1) is 31.9 Å². The van der Waals surface area contributed by atoms with Crippen molar-refractivity contribution in [1.29, 1.82) is 0 Å². The molecule has 0 spiro atoms. The Balaban J connectivity index is 1.45. The number of nitro groups is 1. The van der Waals surface area contributed by atoms with Crippen LogP contribution in [0.25, 0.3) is 6.08 Å². The average Bonchev–Trinajstić information content (AvgIpc) is 2.96. The number of hydrogen-bond donors (Lipinski definition) is 1. The van der Waals surface area contributed by atoms with E-state index in [1.807, 2.05) is 18.2 Å². The maximum absolute atomic E-state index is 12.5. The second kappa shape index (κ2) is 12.1. The van der Waals surface area contributed by atoms with E-state index >= 15 is 0 Å². The lowest BCUT2D eigenvalue weighted by atomic mass is 9.88. The maximum atomic E-state index is 12.5. The first kappa shape index (κ1) is 26.5. The number of hydrogen-bond acceptors (Lipinski definition) is 7. The molecule has 38 heavy (non-hydrogen) atoms. The van der Waals surface area contributed by atoms with Gasteiger partial charge < -0.3 is 24.4 Å². The van der Waals surface area contributed by atoms with Crippen molar-refractivity contribution in [2.45, 2.75) is 18.8 Å². The zero-order valence-corrected chi connectivity index (χ0v) is 21.7. The predicted octanol–water partition coefficient (Wildman–Crippen LogP) is 5.66. The summed E-state index contributed by atoms with van der Waals surface area (Å²) < 4.78 is 16.0. The summed E-state index contributed by atoms with van der Waals surface area (Å²) in [7, 11) is 4.72. The van der Waals surface area contributed by atoms with Gasteiger partial charge in [-0.05, 0) is 60.2 Å². The predicted molar refractivity (Wildman–Crippen MR) is 147 cm³/mol. The molecule has 1 amide bonds. The van der Waals surface area contributed by atoms with E-state index in [4.69, 9.17) is 14.2 Å². The highest BCUT2D eigenvalue weighted by molar-refractivity contribution is 6.03. The maximum Gasteiger partial charge on any atom is 0.293 e. The highest BCUT2D eigenvalue weighted by atomic mass is 16.6. The lowest BCUT2D eigenvalue weighted by Crippen LogP contribution is -2.33. The second-order valence-electron chi connectivity index (χ2n) is 8.90. The number of nitro benzene ring substituents is 1. The van der Waals surface area contributed by atoms with Crippen molar-refractivity contribution in [2.24, 2.45) is 0 Å². The van der Waals surface area contributed by atoms with Gasteiger partial charge in [-0.15, -0.1) is 0 Å². The smallest absolute Gasteiger partial charge is 0.293 e. The molecule has 198 valence electrons. The van der Waals surface area contributed by atoms with Gasteiger partial charge in [-0.25, -0.2) is 0 Å². The lowest BCUT2D eigenvalue weighted by Gasteiger charge is -2.34. The van der Waals surface area contributed by atoms with E-state index in [-0.39, 0.29) is 10.6 Å². The van der Waals surface area contributed by atoms with E-state index < -0.39 is 5.91 Å². The van der Waals surface area contributed by atoms with Crippen LogP contribution < -0.4 is 24.4 Å². The fraction of sp³-hybridized carbons (Fsp3) is 0.276. The van der Waals surface area contributed by atoms with Gasteiger partial charge in [0.2, 0.25) is 5.91 Å². The first-order valence-corrected chi connectivity index (χ1v) is 12.3. The second-order valence-corrected chi connectivity index (χ2v) is 8.90. The van der Waals surface area contributed by atoms with Gasteiger partial charge in [0.25, 0.3) is 5.69 Å². The number of benzene rings is 3. The molecular weight excluding hydrogens is 486 g/mol. The van der Waals surface area contributed by atoms with Crippen LogP contribution in [0.2, 0.25) is 0 Å². The summed E-state index contributed by atoms with van der Waals surface area (Å²) in [6.45, 7) is 1.40. The van der Waals surface area contributed by atoms with E-state index in [0.717, 1.165) is 18.6 Å². The zero-order valence-electron chi connectivity index (χ0n) is 21.7. The van der Waals surface area contributed by atoms with Crippen LogP contribution in [-0.4, -0.2) is 45.2 Å². The van der Waals surface area contributed by atoms with Crippen molar-refractivity contribution in [3.05, 3.63) is 88.0 Å². The molecular formula is C29H31N3O6. The van der Waals surface area contributed by atoms with Gasteiger partial charge in [-0.3, -0.25) is 14.9 Å². The van der Waals surface area contributed by atoms with Crippen molar-refractivity contribution in [3.8, 4) is 17.2 Å². The summed E-state index contributed by atoms with van der Waals surface area (Å²) >= 11 is 0. The molecule has 9 heteroatoms. The molecule has 0 saturated carbocycles. The van der Waals surface area contributed by atoms with Crippen molar-refractivity contribution in [1.82, 2.24) is 0 Å². The highest BCUT2D eigenvalue weighted by Gasteiger charge is 2.27. The van der Waals surface area contributed by atoms with Gasteiger partial charge in [0.1, 0.15) is 22.9 Å². The van der Waals surface area contributed by atoms with Crippen molar-refractivity contribution in [2.75, 3.05) is 44.6 Å². The topological polar surface area (TPSA) is 103 Å². The number of rotatable bonds is 9.